The Hall–Kier alpha value is -1.14. The number of rotatable bonds is 47. The second kappa shape index (κ2) is 45.4. The molecule has 0 spiro atoms. The van der Waals surface area contributed by atoms with E-state index in [0.29, 0.717) is 43.8 Å². The SMILES string of the molecule is CCCCCC(CCCCC)CC(=O)OCCCCCCCCC(CCCCCCCCOC(=O)CC(CCCCC)CCCCC)COCCCCN(CC)CC. The topological polar surface area (TPSA) is 65.1 Å². The molecule has 0 heterocycles. The fraction of sp³-hybridized carbons (Fsp3) is 0.962. The second-order valence-corrected chi connectivity index (χ2v) is 18.1. The summed E-state index contributed by atoms with van der Waals surface area (Å²) in [5, 5.41) is 0. The minimum Gasteiger partial charge on any atom is -0.466 e. The van der Waals surface area contributed by atoms with Crippen molar-refractivity contribution in [2.75, 3.05) is 46.1 Å². The molecule has 0 aromatic heterocycles. The average Bonchev–Trinajstić information content (AvgIpc) is 3.22. The van der Waals surface area contributed by atoms with Gasteiger partial charge in [0.2, 0.25) is 0 Å². The molecule has 0 atom stereocenters. The molecule has 0 aromatic rings. The molecule has 0 amide bonds. The van der Waals surface area contributed by atoms with Crippen molar-refractivity contribution in [3.05, 3.63) is 0 Å². The highest BCUT2D eigenvalue weighted by atomic mass is 16.5. The van der Waals surface area contributed by atoms with E-state index in [1.54, 1.807) is 0 Å². The lowest BCUT2D eigenvalue weighted by Gasteiger charge is -2.19. The second-order valence-electron chi connectivity index (χ2n) is 18.1. The van der Waals surface area contributed by atoms with E-state index >= 15 is 0 Å². The summed E-state index contributed by atoms with van der Waals surface area (Å²) in [7, 11) is 0. The predicted octanol–water partition coefficient (Wildman–Crippen LogP) is 15.6. The van der Waals surface area contributed by atoms with Gasteiger partial charge >= 0.3 is 11.9 Å². The zero-order valence-corrected chi connectivity index (χ0v) is 40.2. The monoisotopic (exact) mass is 822 g/mol. The van der Waals surface area contributed by atoms with Gasteiger partial charge in [-0.05, 0) is 102 Å². The Kier molecular flexibility index (Phi) is 44.5. The van der Waals surface area contributed by atoms with Crippen LogP contribution in [0.15, 0.2) is 0 Å². The van der Waals surface area contributed by atoms with Crippen molar-refractivity contribution >= 4 is 11.9 Å². The molecule has 6 nitrogen and oxygen atoms in total. The smallest absolute Gasteiger partial charge is 0.306 e. The van der Waals surface area contributed by atoms with Crippen molar-refractivity contribution in [1.29, 1.82) is 0 Å². The summed E-state index contributed by atoms with van der Waals surface area (Å²) in [4.78, 5) is 27.6. The van der Waals surface area contributed by atoms with Crippen LogP contribution < -0.4 is 0 Å². The van der Waals surface area contributed by atoms with Crippen LogP contribution in [0.4, 0.5) is 0 Å². The van der Waals surface area contributed by atoms with Crippen molar-refractivity contribution < 1.29 is 23.8 Å². The summed E-state index contributed by atoms with van der Waals surface area (Å²) in [6.07, 6.45) is 40.4. The molecule has 6 heteroatoms. The fourth-order valence-electron chi connectivity index (χ4n) is 8.51. The van der Waals surface area contributed by atoms with Crippen molar-refractivity contribution in [1.82, 2.24) is 4.90 Å². The molecule has 346 valence electrons. The summed E-state index contributed by atoms with van der Waals surface area (Å²) in [6.45, 7) is 20.0. The Bertz CT molecular complexity index is 772. The van der Waals surface area contributed by atoms with E-state index < -0.39 is 0 Å². The minimum absolute atomic E-state index is 0.0301. The third kappa shape index (κ3) is 39.0. The first kappa shape index (κ1) is 56.9. The molecule has 0 radical (unpaired) electrons. The van der Waals surface area contributed by atoms with Crippen LogP contribution in [0.1, 0.15) is 260 Å². The summed E-state index contributed by atoms with van der Waals surface area (Å²) < 4.78 is 17.6. The number of carbonyl (C=O) groups excluding carboxylic acids is 2. The van der Waals surface area contributed by atoms with Crippen molar-refractivity contribution in [2.24, 2.45) is 17.8 Å². The van der Waals surface area contributed by atoms with Crippen LogP contribution in [-0.2, 0) is 23.8 Å². The highest BCUT2D eigenvalue weighted by Crippen LogP contribution is 2.24. The summed E-state index contributed by atoms with van der Waals surface area (Å²) >= 11 is 0. The maximum atomic E-state index is 12.6. The zero-order valence-electron chi connectivity index (χ0n) is 40.2. The maximum absolute atomic E-state index is 12.6. The first-order valence-electron chi connectivity index (χ1n) is 26.0. The zero-order chi connectivity index (χ0) is 42.6. The maximum Gasteiger partial charge on any atom is 0.306 e. The van der Waals surface area contributed by atoms with Gasteiger partial charge in [-0.1, -0.05) is 183 Å². The van der Waals surface area contributed by atoms with E-state index in [1.807, 2.05) is 0 Å². The lowest BCUT2D eigenvalue weighted by Crippen LogP contribution is -2.24. The van der Waals surface area contributed by atoms with Gasteiger partial charge in [-0.3, -0.25) is 9.59 Å². The molecule has 0 rings (SSSR count). The Morgan fingerprint density at radius 1 is 0.379 bits per heavy atom. The quantitative estimate of drug-likeness (QED) is 0.0450. The van der Waals surface area contributed by atoms with Gasteiger partial charge < -0.3 is 19.1 Å². The van der Waals surface area contributed by atoms with Gasteiger partial charge in [0.1, 0.15) is 0 Å². The highest BCUT2D eigenvalue weighted by molar-refractivity contribution is 5.70. The number of nitrogens with zero attached hydrogens (tertiary/aromatic N) is 1. The molecule has 0 N–H and O–H groups in total. The number of esters is 2. The summed E-state index contributed by atoms with van der Waals surface area (Å²) in [5.74, 6) is 1.75. The fourth-order valence-corrected chi connectivity index (χ4v) is 8.51. The molecular formula is C52H103NO5. The third-order valence-electron chi connectivity index (χ3n) is 12.6. The van der Waals surface area contributed by atoms with Crippen LogP contribution in [0.5, 0.6) is 0 Å². The van der Waals surface area contributed by atoms with E-state index in [4.69, 9.17) is 14.2 Å². The number of carbonyl (C=O) groups is 2. The standard InChI is InChI=1S/C52H103NO5/c1-7-13-25-35-48(36-26-14-8-2)45-51(54)57-43-32-23-19-17-21-29-39-50(47-56-42-34-31-41-53(11-5)12-6)40-30-22-18-20-24-33-44-58-52(55)46-49(37-27-15-9-3)38-28-16-10-4/h48-50H,7-47H2,1-6H3. The van der Waals surface area contributed by atoms with Crippen LogP contribution in [-0.4, -0.2) is 62.9 Å². The highest BCUT2D eigenvalue weighted by Gasteiger charge is 2.16. The predicted molar refractivity (Wildman–Crippen MR) is 251 cm³/mol. The molecule has 0 fully saturated rings. The van der Waals surface area contributed by atoms with Crippen molar-refractivity contribution in [3.63, 3.8) is 0 Å². The number of unbranched alkanes of at least 4 members (excludes halogenated alkanes) is 19. The average molecular weight is 822 g/mol. The minimum atomic E-state index is 0.0301. The van der Waals surface area contributed by atoms with Gasteiger partial charge in [0.05, 0.1) is 13.2 Å². The molecule has 0 saturated heterocycles. The van der Waals surface area contributed by atoms with Crippen LogP contribution in [0.3, 0.4) is 0 Å². The first-order valence-corrected chi connectivity index (χ1v) is 26.0. The van der Waals surface area contributed by atoms with Crippen LogP contribution in [0.2, 0.25) is 0 Å². The normalized spacial score (nSPS) is 11.8. The summed E-state index contributed by atoms with van der Waals surface area (Å²) in [6, 6.07) is 0. The molecule has 0 unspecified atom stereocenters. The van der Waals surface area contributed by atoms with Crippen LogP contribution >= 0.6 is 0 Å². The van der Waals surface area contributed by atoms with Crippen molar-refractivity contribution in [3.8, 4) is 0 Å². The van der Waals surface area contributed by atoms with Gasteiger partial charge in [0, 0.05) is 26.1 Å². The van der Waals surface area contributed by atoms with E-state index in [0.717, 1.165) is 58.4 Å². The third-order valence-corrected chi connectivity index (χ3v) is 12.6. The number of hydrogen-bond acceptors (Lipinski definition) is 6. The Morgan fingerprint density at radius 3 is 1.09 bits per heavy atom. The van der Waals surface area contributed by atoms with E-state index in [1.165, 1.54) is 180 Å². The molecule has 0 aliphatic heterocycles. The van der Waals surface area contributed by atoms with Crippen molar-refractivity contribution in [2.45, 2.75) is 260 Å². The van der Waals surface area contributed by atoms with Gasteiger partial charge in [-0.25, -0.2) is 0 Å². The van der Waals surface area contributed by atoms with Gasteiger partial charge in [0.25, 0.3) is 0 Å². The molecule has 0 aromatic carbocycles. The van der Waals surface area contributed by atoms with E-state index in [-0.39, 0.29) is 11.9 Å². The molecule has 0 bridgehead atoms. The molecule has 0 saturated carbocycles. The first-order chi connectivity index (χ1) is 28.4. The number of ether oxygens (including phenoxy) is 3. The lowest BCUT2D eigenvalue weighted by molar-refractivity contribution is -0.146. The van der Waals surface area contributed by atoms with Crippen LogP contribution in [0, 0.1) is 17.8 Å². The van der Waals surface area contributed by atoms with Gasteiger partial charge in [-0.15, -0.1) is 0 Å². The summed E-state index contributed by atoms with van der Waals surface area (Å²) in [5.41, 5.74) is 0. The Labute approximate surface area is 363 Å². The molecule has 0 aliphatic rings. The van der Waals surface area contributed by atoms with Gasteiger partial charge in [-0.2, -0.15) is 0 Å². The molecular weight excluding hydrogens is 719 g/mol. The largest absolute Gasteiger partial charge is 0.466 e. The van der Waals surface area contributed by atoms with E-state index in [9.17, 15) is 9.59 Å². The van der Waals surface area contributed by atoms with Gasteiger partial charge in [0.15, 0.2) is 0 Å². The lowest BCUT2D eigenvalue weighted by atomic mass is 9.92. The Balaban J connectivity index is 4.34. The molecule has 0 aliphatic carbocycles. The van der Waals surface area contributed by atoms with E-state index in [2.05, 4.69) is 46.4 Å². The van der Waals surface area contributed by atoms with Crippen LogP contribution in [0.25, 0.3) is 0 Å². The number of hydrogen-bond donors (Lipinski definition) is 0. The Morgan fingerprint density at radius 2 is 0.707 bits per heavy atom. The molecule has 58 heavy (non-hydrogen) atoms.